The fourth-order valence-electron chi connectivity index (χ4n) is 2.08. The van der Waals surface area contributed by atoms with Gasteiger partial charge >= 0.3 is 0 Å². The van der Waals surface area contributed by atoms with Crippen molar-refractivity contribution in [3.63, 3.8) is 0 Å². The Kier molecular flexibility index (Phi) is 4.34. The molecule has 0 unspecified atom stereocenters. The Labute approximate surface area is 136 Å². The van der Waals surface area contributed by atoms with Crippen molar-refractivity contribution in [1.82, 2.24) is 14.7 Å². The van der Waals surface area contributed by atoms with E-state index in [2.05, 4.69) is 26.2 Å². The van der Waals surface area contributed by atoms with Crippen molar-refractivity contribution >= 4 is 33.6 Å². The van der Waals surface area contributed by atoms with Crippen LogP contribution < -0.4 is 5.32 Å². The number of hydrogen-bond acceptors (Lipinski definition) is 2. The Balaban J connectivity index is 1.61. The minimum Gasteiger partial charge on any atom is -0.347 e. The maximum absolute atomic E-state index is 11.8. The van der Waals surface area contributed by atoms with E-state index >= 15 is 0 Å². The lowest BCUT2D eigenvalue weighted by Gasteiger charge is -1.98. The van der Waals surface area contributed by atoms with E-state index in [1.54, 1.807) is 6.08 Å². The molecule has 0 aliphatic carbocycles. The van der Waals surface area contributed by atoms with Gasteiger partial charge in [-0.25, -0.2) is 4.98 Å². The lowest BCUT2D eigenvalue weighted by molar-refractivity contribution is -0.116. The van der Waals surface area contributed by atoms with Gasteiger partial charge in [-0.1, -0.05) is 30.3 Å². The number of hydrogen-bond donors (Lipinski definition) is 1. The van der Waals surface area contributed by atoms with E-state index in [1.807, 2.05) is 59.3 Å². The van der Waals surface area contributed by atoms with Gasteiger partial charge in [0.2, 0.25) is 5.91 Å². The predicted octanol–water partition coefficient (Wildman–Crippen LogP) is 3.43. The highest BCUT2D eigenvalue weighted by Gasteiger charge is 2.03. The summed E-state index contributed by atoms with van der Waals surface area (Å²) in [6.45, 7) is 0.400. The van der Waals surface area contributed by atoms with Gasteiger partial charge in [-0.15, -0.1) is 0 Å². The van der Waals surface area contributed by atoms with Crippen LogP contribution in [0.5, 0.6) is 0 Å². The largest absolute Gasteiger partial charge is 0.347 e. The summed E-state index contributed by atoms with van der Waals surface area (Å²) in [5, 5.41) is 2.83. The fourth-order valence-corrected chi connectivity index (χ4v) is 2.43. The Morgan fingerprint density at radius 2 is 2.00 bits per heavy atom. The van der Waals surface area contributed by atoms with Crippen molar-refractivity contribution in [1.29, 1.82) is 0 Å². The normalized spacial score (nSPS) is 11.1. The van der Waals surface area contributed by atoms with E-state index in [1.165, 1.54) is 6.08 Å². The van der Waals surface area contributed by atoms with Crippen LogP contribution in [-0.4, -0.2) is 15.3 Å². The van der Waals surface area contributed by atoms with Gasteiger partial charge in [0.15, 0.2) is 0 Å². The number of benzene rings is 1. The van der Waals surface area contributed by atoms with E-state index < -0.39 is 0 Å². The maximum Gasteiger partial charge on any atom is 0.244 e. The van der Waals surface area contributed by atoms with Crippen LogP contribution in [-0.2, 0) is 11.3 Å². The van der Waals surface area contributed by atoms with Gasteiger partial charge in [0.05, 0.1) is 12.2 Å². The number of carbonyl (C=O) groups is 1. The molecule has 1 N–H and O–H groups in total. The number of aromatic nitrogens is 2. The first-order valence-electron chi connectivity index (χ1n) is 6.85. The minimum absolute atomic E-state index is 0.137. The second kappa shape index (κ2) is 6.58. The molecular formula is C17H14BrN3O. The van der Waals surface area contributed by atoms with Gasteiger partial charge in [0.25, 0.3) is 0 Å². The van der Waals surface area contributed by atoms with Crippen molar-refractivity contribution in [2.75, 3.05) is 0 Å². The third-order valence-electron chi connectivity index (χ3n) is 3.14. The molecule has 1 amide bonds. The highest BCUT2D eigenvalue weighted by Crippen LogP contribution is 2.12. The smallest absolute Gasteiger partial charge is 0.244 e. The first-order valence-corrected chi connectivity index (χ1v) is 7.64. The number of fused-ring (bicyclic) bond motifs is 1. The quantitative estimate of drug-likeness (QED) is 0.728. The zero-order chi connectivity index (χ0) is 15.4. The average Bonchev–Trinajstić information content (AvgIpc) is 2.94. The SMILES string of the molecule is O=C(/C=C/c1ccccc1)NCc1cn2cc(Br)ccc2n1. The Hall–Kier alpha value is -2.40. The van der Waals surface area contributed by atoms with Crippen molar-refractivity contribution < 1.29 is 4.79 Å². The number of nitrogens with zero attached hydrogens (tertiary/aromatic N) is 2. The summed E-state index contributed by atoms with van der Waals surface area (Å²) in [5.41, 5.74) is 2.67. The number of imidazole rings is 1. The molecule has 0 aliphatic heterocycles. The molecule has 0 radical (unpaired) electrons. The molecule has 3 aromatic rings. The lowest BCUT2D eigenvalue weighted by Crippen LogP contribution is -2.20. The Morgan fingerprint density at radius 3 is 2.82 bits per heavy atom. The molecular weight excluding hydrogens is 342 g/mol. The number of nitrogens with one attached hydrogen (secondary N) is 1. The summed E-state index contributed by atoms with van der Waals surface area (Å²) in [7, 11) is 0. The Bertz CT molecular complexity index is 824. The molecule has 0 atom stereocenters. The van der Waals surface area contributed by atoms with Gasteiger partial charge < -0.3 is 9.72 Å². The molecule has 2 aromatic heterocycles. The molecule has 4 nitrogen and oxygen atoms in total. The first-order chi connectivity index (χ1) is 10.7. The van der Waals surface area contributed by atoms with E-state index in [4.69, 9.17) is 0 Å². The zero-order valence-electron chi connectivity index (χ0n) is 11.7. The molecule has 2 heterocycles. The summed E-state index contributed by atoms with van der Waals surface area (Å²) < 4.78 is 2.91. The van der Waals surface area contributed by atoms with Crippen LogP contribution in [0.3, 0.4) is 0 Å². The average molecular weight is 356 g/mol. The third kappa shape index (κ3) is 3.62. The molecule has 0 fully saturated rings. The van der Waals surface area contributed by atoms with Gasteiger partial charge in [0.1, 0.15) is 5.65 Å². The van der Waals surface area contributed by atoms with Crippen molar-refractivity contribution in [2.24, 2.45) is 0 Å². The van der Waals surface area contributed by atoms with Crippen LogP contribution >= 0.6 is 15.9 Å². The van der Waals surface area contributed by atoms with Crippen LogP contribution in [0.25, 0.3) is 11.7 Å². The molecule has 5 heteroatoms. The van der Waals surface area contributed by atoms with Crippen LogP contribution in [0.15, 0.2) is 65.4 Å². The minimum atomic E-state index is -0.137. The standard InChI is InChI=1S/C17H14BrN3O/c18-14-7-8-16-20-15(12-21(16)11-14)10-19-17(22)9-6-13-4-2-1-3-5-13/h1-9,11-12H,10H2,(H,19,22)/b9-6+. The topological polar surface area (TPSA) is 46.4 Å². The number of halogens is 1. The Morgan fingerprint density at radius 1 is 1.18 bits per heavy atom. The summed E-state index contributed by atoms with van der Waals surface area (Å²) in [6.07, 6.45) is 7.15. The van der Waals surface area contributed by atoms with Gasteiger partial charge in [-0.2, -0.15) is 0 Å². The first kappa shape index (κ1) is 14.5. The highest BCUT2D eigenvalue weighted by molar-refractivity contribution is 9.10. The van der Waals surface area contributed by atoms with E-state index in [-0.39, 0.29) is 5.91 Å². The molecule has 3 rings (SSSR count). The number of carbonyl (C=O) groups excluding carboxylic acids is 1. The van der Waals surface area contributed by atoms with Gasteiger partial charge in [-0.05, 0) is 39.7 Å². The maximum atomic E-state index is 11.8. The molecule has 22 heavy (non-hydrogen) atoms. The van der Waals surface area contributed by atoms with E-state index in [0.29, 0.717) is 6.54 Å². The molecule has 0 saturated carbocycles. The zero-order valence-corrected chi connectivity index (χ0v) is 13.3. The second-order valence-electron chi connectivity index (χ2n) is 4.81. The second-order valence-corrected chi connectivity index (χ2v) is 5.72. The van der Waals surface area contributed by atoms with Crippen LogP contribution in [0.2, 0.25) is 0 Å². The van der Waals surface area contributed by atoms with E-state index in [0.717, 1.165) is 21.4 Å². The molecule has 0 spiro atoms. The molecule has 0 saturated heterocycles. The molecule has 1 aromatic carbocycles. The summed E-state index contributed by atoms with van der Waals surface area (Å²) in [4.78, 5) is 16.3. The molecule has 0 bridgehead atoms. The van der Waals surface area contributed by atoms with Gasteiger partial charge in [0, 0.05) is 22.9 Å². The number of amides is 1. The third-order valence-corrected chi connectivity index (χ3v) is 3.60. The van der Waals surface area contributed by atoms with Crippen molar-refractivity contribution in [3.8, 4) is 0 Å². The predicted molar refractivity (Wildman–Crippen MR) is 90.2 cm³/mol. The van der Waals surface area contributed by atoms with Crippen LogP contribution in [0.1, 0.15) is 11.3 Å². The highest BCUT2D eigenvalue weighted by atomic mass is 79.9. The lowest BCUT2D eigenvalue weighted by atomic mass is 10.2. The van der Waals surface area contributed by atoms with Crippen LogP contribution in [0.4, 0.5) is 0 Å². The van der Waals surface area contributed by atoms with E-state index in [9.17, 15) is 4.79 Å². The van der Waals surface area contributed by atoms with Crippen molar-refractivity contribution in [2.45, 2.75) is 6.54 Å². The summed E-state index contributed by atoms with van der Waals surface area (Å²) in [5.74, 6) is -0.137. The van der Waals surface area contributed by atoms with Crippen LogP contribution in [0, 0.1) is 0 Å². The monoisotopic (exact) mass is 355 g/mol. The fraction of sp³-hybridized carbons (Fsp3) is 0.0588. The number of pyridine rings is 1. The number of rotatable bonds is 4. The van der Waals surface area contributed by atoms with Gasteiger partial charge in [-0.3, -0.25) is 4.79 Å². The molecule has 0 aliphatic rings. The molecule has 110 valence electrons. The van der Waals surface area contributed by atoms with Crippen molar-refractivity contribution in [3.05, 3.63) is 76.7 Å². The summed E-state index contributed by atoms with van der Waals surface area (Å²) >= 11 is 3.42. The summed E-state index contributed by atoms with van der Waals surface area (Å²) in [6, 6.07) is 13.6.